The number of benzene rings is 1. The molecule has 0 bridgehead atoms. The average molecular weight is 327 g/mol. The van der Waals surface area contributed by atoms with Gasteiger partial charge in [-0.25, -0.2) is 4.79 Å². The molecule has 1 saturated heterocycles. The number of nitrogens with zero attached hydrogens (tertiary/aromatic N) is 1. The highest BCUT2D eigenvalue weighted by Crippen LogP contribution is 2.19. The summed E-state index contributed by atoms with van der Waals surface area (Å²) in [5.41, 5.74) is 0.985. The molecule has 1 fully saturated rings. The Bertz CT molecular complexity index is 474. The highest BCUT2D eigenvalue weighted by atomic mass is 35.5. The fourth-order valence-corrected chi connectivity index (χ4v) is 2.41. The average Bonchev–Trinajstić information content (AvgIpc) is 2.54. The molecule has 1 amide bonds. The maximum Gasteiger partial charge on any atom is 0.410 e. The Labute approximate surface area is 137 Å². The van der Waals surface area contributed by atoms with Crippen molar-refractivity contribution in [2.45, 2.75) is 26.4 Å². The number of ether oxygens (including phenoxy) is 2. The van der Waals surface area contributed by atoms with Crippen molar-refractivity contribution >= 4 is 24.4 Å². The first-order chi connectivity index (χ1) is 10.2. The zero-order valence-corrected chi connectivity index (χ0v) is 13.6. The van der Waals surface area contributed by atoms with Gasteiger partial charge < -0.3 is 14.4 Å². The van der Waals surface area contributed by atoms with E-state index < -0.39 is 0 Å². The minimum absolute atomic E-state index is 0. The third-order valence-electron chi connectivity index (χ3n) is 3.63. The van der Waals surface area contributed by atoms with Crippen LogP contribution < -0.4 is 0 Å². The third-order valence-corrected chi connectivity index (χ3v) is 3.63. The van der Waals surface area contributed by atoms with Crippen LogP contribution >= 0.6 is 12.4 Å². The molecule has 1 aliphatic heterocycles. The molecule has 0 aromatic heterocycles. The molecular formula is C16H23ClN2O3. The van der Waals surface area contributed by atoms with E-state index in [1.54, 1.807) is 4.90 Å². The van der Waals surface area contributed by atoms with Crippen LogP contribution in [-0.4, -0.2) is 36.6 Å². The maximum atomic E-state index is 12.0. The summed E-state index contributed by atoms with van der Waals surface area (Å²) in [6.07, 6.45) is 1.25. The van der Waals surface area contributed by atoms with Crippen molar-refractivity contribution in [2.75, 3.05) is 19.7 Å². The summed E-state index contributed by atoms with van der Waals surface area (Å²) in [7, 11) is 0. The highest BCUT2D eigenvalue weighted by molar-refractivity contribution is 5.85. The predicted octanol–water partition coefficient (Wildman–Crippen LogP) is 3.47. The van der Waals surface area contributed by atoms with Gasteiger partial charge in [-0.2, -0.15) is 0 Å². The smallest absolute Gasteiger partial charge is 0.410 e. The topological polar surface area (TPSA) is 62.6 Å². The molecule has 1 aliphatic rings. The summed E-state index contributed by atoms with van der Waals surface area (Å²) < 4.78 is 10.5. The number of carbonyl (C=O) groups excluding carboxylic acids is 1. The Morgan fingerprint density at radius 1 is 1.23 bits per heavy atom. The van der Waals surface area contributed by atoms with Gasteiger partial charge in [0.2, 0.25) is 0 Å². The van der Waals surface area contributed by atoms with Gasteiger partial charge in [0.1, 0.15) is 6.61 Å². The van der Waals surface area contributed by atoms with E-state index in [0.717, 1.165) is 18.4 Å². The molecule has 1 N–H and O–H groups in total. The number of halogens is 1. The van der Waals surface area contributed by atoms with Crippen LogP contribution in [-0.2, 0) is 16.1 Å². The van der Waals surface area contributed by atoms with Gasteiger partial charge in [0.15, 0.2) is 5.90 Å². The Morgan fingerprint density at radius 3 is 2.45 bits per heavy atom. The fourth-order valence-electron chi connectivity index (χ4n) is 2.41. The number of amides is 1. The Hall–Kier alpha value is -1.75. The summed E-state index contributed by atoms with van der Waals surface area (Å²) in [6.45, 7) is 3.94. The molecule has 1 aromatic rings. The summed E-state index contributed by atoms with van der Waals surface area (Å²) in [4.78, 5) is 13.7. The first-order valence-electron chi connectivity index (χ1n) is 7.37. The van der Waals surface area contributed by atoms with E-state index in [2.05, 4.69) is 0 Å². The molecule has 0 aliphatic carbocycles. The molecule has 1 aromatic carbocycles. The van der Waals surface area contributed by atoms with Crippen molar-refractivity contribution in [1.82, 2.24) is 4.90 Å². The van der Waals surface area contributed by atoms with Gasteiger partial charge in [-0.05, 0) is 25.3 Å². The fraction of sp³-hybridized carbons (Fsp3) is 0.500. The molecule has 5 nitrogen and oxygen atoms in total. The maximum absolute atomic E-state index is 12.0. The normalized spacial score (nSPS) is 14.9. The number of piperidine rings is 1. The quantitative estimate of drug-likeness (QED) is 0.680. The molecule has 6 heteroatoms. The molecule has 0 saturated carbocycles. The van der Waals surface area contributed by atoms with E-state index in [4.69, 9.17) is 14.9 Å². The first kappa shape index (κ1) is 18.3. The van der Waals surface area contributed by atoms with E-state index in [-0.39, 0.29) is 24.4 Å². The van der Waals surface area contributed by atoms with Crippen LogP contribution in [0.25, 0.3) is 0 Å². The minimum atomic E-state index is -0.278. The van der Waals surface area contributed by atoms with Crippen LogP contribution in [0.15, 0.2) is 30.3 Å². The minimum Gasteiger partial charge on any atom is -0.481 e. The van der Waals surface area contributed by atoms with Crippen molar-refractivity contribution < 1.29 is 14.3 Å². The lowest BCUT2D eigenvalue weighted by atomic mass is 9.97. The first-order valence-corrected chi connectivity index (χ1v) is 7.37. The molecular weight excluding hydrogens is 304 g/mol. The number of rotatable bonds is 4. The zero-order valence-electron chi connectivity index (χ0n) is 12.8. The Morgan fingerprint density at radius 2 is 1.86 bits per heavy atom. The highest BCUT2D eigenvalue weighted by Gasteiger charge is 2.26. The van der Waals surface area contributed by atoms with Crippen LogP contribution in [0.3, 0.4) is 0 Å². The van der Waals surface area contributed by atoms with Crippen molar-refractivity contribution in [2.24, 2.45) is 5.92 Å². The van der Waals surface area contributed by atoms with Crippen molar-refractivity contribution in [3.8, 4) is 0 Å². The largest absolute Gasteiger partial charge is 0.481 e. The van der Waals surface area contributed by atoms with E-state index in [1.165, 1.54) is 0 Å². The van der Waals surface area contributed by atoms with Crippen molar-refractivity contribution in [3.05, 3.63) is 35.9 Å². The lowest BCUT2D eigenvalue weighted by Gasteiger charge is -2.31. The summed E-state index contributed by atoms with van der Waals surface area (Å²) in [6, 6.07) is 9.65. The molecule has 22 heavy (non-hydrogen) atoms. The van der Waals surface area contributed by atoms with Gasteiger partial charge >= 0.3 is 6.09 Å². The van der Waals surface area contributed by atoms with Gasteiger partial charge in [-0.1, -0.05) is 30.3 Å². The molecule has 0 radical (unpaired) electrons. The number of nitrogens with one attached hydrogen (secondary N) is 1. The number of likely N-dealkylation sites (tertiary alicyclic amines) is 1. The van der Waals surface area contributed by atoms with Gasteiger partial charge in [-0.15, -0.1) is 12.4 Å². The predicted molar refractivity (Wildman–Crippen MR) is 87.5 cm³/mol. The van der Waals surface area contributed by atoms with Crippen LogP contribution in [0.1, 0.15) is 25.3 Å². The van der Waals surface area contributed by atoms with E-state index in [0.29, 0.717) is 32.2 Å². The summed E-state index contributed by atoms with van der Waals surface area (Å²) >= 11 is 0. The SMILES string of the molecule is CCOC(=N)C1CCN(C(=O)OCc2ccccc2)CC1.Cl. The van der Waals surface area contributed by atoms with Gasteiger partial charge in [0.05, 0.1) is 6.61 Å². The lowest BCUT2D eigenvalue weighted by Crippen LogP contribution is -2.40. The molecule has 0 unspecified atom stereocenters. The standard InChI is InChI=1S/C16H22N2O3.ClH/c1-2-20-15(17)14-8-10-18(11-9-14)16(19)21-12-13-6-4-3-5-7-13;/h3-7,14,17H,2,8-12H2,1H3;1H. The Balaban J connectivity index is 0.00000242. The lowest BCUT2D eigenvalue weighted by molar-refractivity contribution is 0.0846. The van der Waals surface area contributed by atoms with Crippen molar-refractivity contribution in [1.29, 1.82) is 5.41 Å². The molecule has 0 atom stereocenters. The van der Waals surface area contributed by atoms with Crippen LogP contribution in [0, 0.1) is 11.3 Å². The molecule has 1 heterocycles. The van der Waals surface area contributed by atoms with Crippen LogP contribution in [0.5, 0.6) is 0 Å². The summed E-state index contributed by atoms with van der Waals surface area (Å²) in [5, 5.41) is 7.79. The monoisotopic (exact) mass is 326 g/mol. The van der Waals surface area contributed by atoms with Gasteiger partial charge in [0.25, 0.3) is 0 Å². The third kappa shape index (κ3) is 5.22. The van der Waals surface area contributed by atoms with Gasteiger partial charge in [-0.3, -0.25) is 5.41 Å². The van der Waals surface area contributed by atoms with E-state index >= 15 is 0 Å². The molecule has 2 rings (SSSR count). The van der Waals surface area contributed by atoms with Crippen LogP contribution in [0.2, 0.25) is 0 Å². The Kier molecular flexibility index (Phi) is 7.74. The number of carbonyl (C=O) groups is 1. The summed E-state index contributed by atoms with van der Waals surface area (Å²) in [5.74, 6) is 0.470. The number of hydrogen-bond donors (Lipinski definition) is 1. The van der Waals surface area contributed by atoms with Crippen molar-refractivity contribution in [3.63, 3.8) is 0 Å². The van der Waals surface area contributed by atoms with Gasteiger partial charge in [0, 0.05) is 19.0 Å². The molecule has 0 spiro atoms. The van der Waals surface area contributed by atoms with E-state index in [1.807, 2.05) is 37.3 Å². The molecule has 122 valence electrons. The van der Waals surface area contributed by atoms with E-state index in [9.17, 15) is 4.79 Å². The second kappa shape index (κ2) is 9.30. The van der Waals surface area contributed by atoms with Crippen LogP contribution in [0.4, 0.5) is 4.79 Å². The number of hydrogen-bond acceptors (Lipinski definition) is 4. The second-order valence-corrected chi connectivity index (χ2v) is 5.10. The zero-order chi connectivity index (χ0) is 15.1. The second-order valence-electron chi connectivity index (χ2n) is 5.10.